The highest BCUT2D eigenvalue weighted by Gasteiger charge is 2.13. The van der Waals surface area contributed by atoms with Crippen LogP contribution in [0.1, 0.15) is 21.5 Å². The number of nitrogen functional groups attached to an aromatic ring is 1. The number of anilines is 2. The van der Waals surface area contributed by atoms with Crippen molar-refractivity contribution in [2.45, 2.75) is 6.54 Å². The molecular weight excluding hydrogens is 266 g/mol. The van der Waals surface area contributed by atoms with Gasteiger partial charge in [0.2, 0.25) is 0 Å². The summed E-state index contributed by atoms with van der Waals surface area (Å²) in [6.07, 6.45) is 0. The molecular formula is C16H15N3O2. The summed E-state index contributed by atoms with van der Waals surface area (Å²) in [6.45, 7) is 0.452. The molecule has 0 aliphatic rings. The lowest BCUT2D eigenvalue weighted by Gasteiger charge is -2.13. The maximum absolute atomic E-state index is 11.7. The van der Waals surface area contributed by atoms with Crippen LogP contribution < -0.4 is 11.1 Å². The Morgan fingerprint density at radius 1 is 1.33 bits per heavy atom. The van der Waals surface area contributed by atoms with E-state index in [4.69, 9.17) is 15.7 Å². The highest BCUT2D eigenvalue weighted by molar-refractivity contribution is 5.98. The zero-order valence-electron chi connectivity index (χ0n) is 11.6. The molecule has 106 valence electrons. The Kier molecular flexibility index (Phi) is 4.42. The van der Waals surface area contributed by atoms with Crippen LogP contribution in [0.25, 0.3) is 0 Å². The fourth-order valence-electron chi connectivity index (χ4n) is 1.99. The standard InChI is InChI=1S/C16H15N3O2/c1-21-16(20)13-6-3-7-14(18)15(13)19-10-12-5-2-4-11(8-12)9-17/h2-8,19H,10,18H2,1H3. The van der Waals surface area contributed by atoms with Crippen LogP contribution in [0.2, 0.25) is 0 Å². The summed E-state index contributed by atoms with van der Waals surface area (Å²) in [5, 5.41) is 12.0. The molecule has 0 atom stereocenters. The van der Waals surface area contributed by atoms with Crippen molar-refractivity contribution >= 4 is 17.3 Å². The molecule has 0 heterocycles. The van der Waals surface area contributed by atoms with E-state index in [2.05, 4.69) is 11.4 Å². The Hall–Kier alpha value is -3.00. The fourth-order valence-corrected chi connectivity index (χ4v) is 1.99. The highest BCUT2D eigenvalue weighted by Crippen LogP contribution is 2.25. The van der Waals surface area contributed by atoms with Crippen molar-refractivity contribution in [2.24, 2.45) is 0 Å². The molecule has 3 N–H and O–H groups in total. The van der Waals surface area contributed by atoms with Crippen molar-refractivity contribution in [3.63, 3.8) is 0 Å². The predicted octanol–water partition coefficient (Wildman–Crippen LogP) is 2.54. The van der Waals surface area contributed by atoms with Gasteiger partial charge in [-0.1, -0.05) is 18.2 Å². The zero-order valence-corrected chi connectivity index (χ0v) is 11.6. The summed E-state index contributed by atoms with van der Waals surface area (Å²) in [6, 6.07) is 14.4. The summed E-state index contributed by atoms with van der Waals surface area (Å²) >= 11 is 0. The molecule has 0 bridgehead atoms. The van der Waals surface area contributed by atoms with Crippen LogP contribution in [0.5, 0.6) is 0 Å². The third-order valence-corrected chi connectivity index (χ3v) is 3.03. The lowest BCUT2D eigenvalue weighted by atomic mass is 10.1. The van der Waals surface area contributed by atoms with E-state index < -0.39 is 5.97 Å². The Bertz CT molecular complexity index is 705. The minimum Gasteiger partial charge on any atom is -0.465 e. The van der Waals surface area contributed by atoms with E-state index in [-0.39, 0.29) is 0 Å². The molecule has 0 aliphatic heterocycles. The molecule has 5 heteroatoms. The summed E-state index contributed by atoms with van der Waals surface area (Å²) in [4.78, 5) is 11.7. The van der Waals surface area contributed by atoms with Crippen molar-refractivity contribution in [1.29, 1.82) is 5.26 Å². The van der Waals surface area contributed by atoms with Gasteiger partial charge >= 0.3 is 5.97 Å². The van der Waals surface area contributed by atoms with Crippen molar-refractivity contribution < 1.29 is 9.53 Å². The average Bonchev–Trinajstić information content (AvgIpc) is 2.53. The second kappa shape index (κ2) is 6.44. The zero-order chi connectivity index (χ0) is 15.2. The number of carbonyl (C=O) groups is 1. The fraction of sp³-hybridized carbons (Fsp3) is 0.125. The van der Waals surface area contributed by atoms with Gasteiger partial charge in [0.15, 0.2) is 0 Å². The van der Waals surface area contributed by atoms with Crippen LogP contribution in [-0.2, 0) is 11.3 Å². The summed E-state index contributed by atoms with van der Waals surface area (Å²) in [7, 11) is 1.33. The van der Waals surface area contributed by atoms with E-state index in [0.717, 1.165) is 5.56 Å². The third kappa shape index (κ3) is 3.31. The average molecular weight is 281 g/mol. The molecule has 21 heavy (non-hydrogen) atoms. The minimum absolute atomic E-state index is 0.383. The van der Waals surface area contributed by atoms with Gasteiger partial charge in [0, 0.05) is 6.54 Å². The van der Waals surface area contributed by atoms with Gasteiger partial charge < -0.3 is 15.8 Å². The molecule has 0 spiro atoms. The Balaban J connectivity index is 2.23. The van der Waals surface area contributed by atoms with Crippen molar-refractivity contribution in [3.05, 3.63) is 59.2 Å². The molecule has 0 saturated heterocycles. The number of nitrogens with two attached hydrogens (primary N) is 1. The number of nitrogens with zero attached hydrogens (tertiary/aromatic N) is 1. The third-order valence-electron chi connectivity index (χ3n) is 3.03. The molecule has 5 nitrogen and oxygen atoms in total. The second-order valence-electron chi connectivity index (χ2n) is 4.43. The van der Waals surface area contributed by atoms with Gasteiger partial charge in [0.25, 0.3) is 0 Å². The number of ether oxygens (including phenoxy) is 1. The summed E-state index contributed by atoms with van der Waals surface area (Å²) in [5.74, 6) is -0.449. The van der Waals surface area contributed by atoms with E-state index in [1.165, 1.54) is 7.11 Å². The number of nitrogens with one attached hydrogen (secondary N) is 1. The number of hydrogen-bond acceptors (Lipinski definition) is 5. The second-order valence-corrected chi connectivity index (χ2v) is 4.43. The molecule has 0 radical (unpaired) electrons. The van der Waals surface area contributed by atoms with Crippen LogP contribution in [0.3, 0.4) is 0 Å². The van der Waals surface area contributed by atoms with Gasteiger partial charge in [-0.2, -0.15) is 5.26 Å². The molecule has 0 aliphatic carbocycles. The number of carbonyl (C=O) groups excluding carboxylic acids is 1. The van der Waals surface area contributed by atoms with Gasteiger partial charge in [-0.3, -0.25) is 0 Å². The van der Waals surface area contributed by atoms with Crippen LogP contribution >= 0.6 is 0 Å². The Labute approximate surface area is 123 Å². The molecule has 0 amide bonds. The molecule has 2 aromatic rings. The van der Waals surface area contributed by atoms with E-state index in [1.807, 2.05) is 12.1 Å². The smallest absolute Gasteiger partial charge is 0.340 e. The molecule has 2 aromatic carbocycles. The highest BCUT2D eigenvalue weighted by atomic mass is 16.5. The van der Waals surface area contributed by atoms with Gasteiger partial charge in [-0.05, 0) is 29.8 Å². The Morgan fingerprint density at radius 2 is 2.10 bits per heavy atom. The van der Waals surface area contributed by atoms with E-state index in [1.54, 1.807) is 30.3 Å². The van der Waals surface area contributed by atoms with Crippen molar-refractivity contribution in [2.75, 3.05) is 18.2 Å². The number of para-hydroxylation sites is 1. The van der Waals surface area contributed by atoms with E-state index >= 15 is 0 Å². The molecule has 0 fully saturated rings. The van der Waals surface area contributed by atoms with Crippen LogP contribution in [0, 0.1) is 11.3 Å². The molecule has 0 unspecified atom stereocenters. The normalized spacial score (nSPS) is 9.71. The van der Waals surface area contributed by atoms with Crippen LogP contribution in [0.4, 0.5) is 11.4 Å². The molecule has 0 saturated carbocycles. The van der Waals surface area contributed by atoms with Gasteiger partial charge in [-0.15, -0.1) is 0 Å². The van der Waals surface area contributed by atoms with Gasteiger partial charge in [0.05, 0.1) is 35.7 Å². The number of nitriles is 1. The first-order valence-electron chi connectivity index (χ1n) is 6.35. The first kappa shape index (κ1) is 14.4. The van der Waals surface area contributed by atoms with E-state index in [0.29, 0.717) is 29.0 Å². The molecule has 2 rings (SSSR count). The first-order valence-corrected chi connectivity index (χ1v) is 6.35. The van der Waals surface area contributed by atoms with Gasteiger partial charge in [-0.25, -0.2) is 4.79 Å². The summed E-state index contributed by atoms with van der Waals surface area (Å²) in [5.41, 5.74) is 8.81. The lowest BCUT2D eigenvalue weighted by Crippen LogP contribution is -2.10. The monoisotopic (exact) mass is 281 g/mol. The number of benzene rings is 2. The Morgan fingerprint density at radius 3 is 2.81 bits per heavy atom. The number of methoxy groups -OCH3 is 1. The van der Waals surface area contributed by atoms with Crippen molar-refractivity contribution in [1.82, 2.24) is 0 Å². The molecule has 0 aromatic heterocycles. The maximum atomic E-state index is 11.7. The predicted molar refractivity (Wildman–Crippen MR) is 80.7 cm³/mol. The maximum Gasteiger partial charge on any atom is 0.340 e. The van der Waals surface area contributed by atoms with E-state index in [9.17, 15) is 4.79 Å². The van der Waals surface area contributed by atoms with Crippen LogP contribution in [-0.4, -0.2) is 13.1 Å². The topological polar surface area (TPSA) is 88.1 Å². The van der Waals surface area contributed by atoms with Crippen molar-refractivity contribution in [3.8, 4) is 6.07 Å². The quantitative estimate of drug-likeness (QED) is 0.664. The SMILES string of the molecule is COC(=O)c1cccc(N)c1NCc1cccc(C#N)c1. The van der Waals surface area contributed by atoms with Gasteiger partial charge in [0.1, 0.15) is 0 Å². The summed E-state index contributed by atoms with van der Waals surface area (Å²) < 4.78 is 4.74. The minimum atomic E-state index is -0.449. The van der Waals surface area contributed by atoms with Crippen LogP contribution in [0.15, 0.2) is 42.5 Å². The number of esters is 1. The largest absolute Gasteiger partial charge is 0.465 e. The first-order chi connectivity index (χ1) is 10.2. The number of rotatable bonds is 4. The lowest BCUT2D eigenvalue weighted by molar-refractivity contribution is 0.0602. The number of hydrogen-bond donors (Lipinski definition) is 2.